The first-order chi connectivity index (χ1) is 12.1. The molecule has 0 amide bonds. The van der Waals surface area contributed by atoms with Gasteiger partial charge in [-0.1, -0.05) is 11.6 Å². The minimum atomic E-state index is -4.71. The maximum Gasteiger partial charge on any atom is 0.417 e. The summed E-state index contributed by atoms with van der Waals surface area (Å²) in [4.78, 5) is 1.79. The lowest BCUT2D eigenvalue weighted by atomic mass is 10.2. The van der Waals surface area contributed by atoms with E-state index in [1.807, 2.05) is 6.92 Å². The lowest BCUT2D eigenvalue weighted by Gasteiger charge is -2.36. The van der Waals surface area contributed by atoms with Crippen molar-refractivity contribution in [3.05, 3.63) is 28.8 Å². The van der Waals surface area contributed by atoms with Crippen molar-refractivity contribution in [3.63, 3.8) is 0 Å². The molecule has 0 aromatic heterocycles. The van der Waals surface area contributed by atoms with Crippen LogP contribution in [0.25, 0.3) is 0 Å². The van der Waals surface area contributed by atoms with Gasteiger partial charge in [0.25, 0.3) is 0 Å². The summed E-state index contributed by atoms with van der Waals surface area (Å²) in [7, 11) is -4.02. The van der Waals surface area contributed by atoms with Crippen LogP contribution in [-0.4, -0.2) is 62.6 Å². The van der Waals surface area contributed by atoms with Crippen LogP contribution in [0.5, 0.6) is 0 Å². The number of rotatable bonds is 4. The van der Waals surface area contributed by atoms with Crippen molar-refractivity contribution < 1.29 is 26.3 Å². The number of halogens is 4. The predicted molar refractivity (Wildman–Crippen MR) is 90.6 cm³/mol. The fourth-order valence-corrected chi connectivity index (χ4v) is 5.29. The molecule has 2 aliphatic heterocycles. The summed E-state index contributed by atoms with van der Waals surface area (Å²) >= 11 is 5.59. The van der Waals surface area contributed by atoms with E-state index in [1.54, 1.807) is 0 Å². The summed E-state index contributed by atoms with van der Waals surface area (Å²) < 4.78 is 71.7. The van der Waals surface area contributed by atoms with Crippen LogP contribution in [0.1, 0.15) is 18.9 Å². The van der Waals surface area contributed by atoms with Crippen LogP contribution in [0.3, 0.4) is 0 Å². The Morgan fingerprint density at radius 2 is 2.00 bits per heavy atom. The largest absolute Gasteiger partial charge is 0.417 e. The number of ether oxygens (including phenoxy) is 1. The second-order valence-corrected chi connectivity index (χ2v) is 8.81. The third-order valence-electron chi connectivity index (χ3n) is 4.82. The number of hydrogen-bond acceptors (Lipinski definition) is 4. The number of alkyl halides is 3. The molecule has 1 aromatic carbocycles. The highest BCUT2D eigenvalue weighted by Gasteiger charge is 2.41. The normalized spacial score (nSPS) is 25.4. The molecule has 0 spiro atoms. The number of benzene rings is 1. The van der Waals surface area contributed by atoms with E-state index in [1.165, 1.54) is 4.31 Å². The van der Waals surface area contributed by atoms with Crippen molar-refractivity contribution in [2.45, 2.75) is 36.6 Å². The lowest BCUT2D eigenvalue weighted by Crippen LogP contribution is -2.51. The van der Waals surface area contributed by atoms with Crippen molar-refractivity contribution in [1.82, 2.24) is 9.21 Å². The Hall–Kier alpha value is -0.870. The highest BCUT2D eigenvalue weighted by molar-refractivity contribution is 7.89. The molecule has 0 bridgehead atoms. The van der Waals surface area contributed by atoms with Crippen LogP contribution in [-0.2, 0) is 20.9 Å². The molecular formula is C16H20ClF3N2O3S. The Morgan fingerprint density at radius 1 is 1.27 bits per heavy atom. The van der Waals surface area contributed by atoms with Crippen LogP contribution < -0.4 is 0 Å². The molecule has 0 aliphatic carbocycles. The van der Waals surface area contributed by atoms with Crippen LogP contribution in [0.4, 0.5) is 13.2 Å². The summed E-state index contributed by atoms with van der Waals surface area (Å²) in [6.07, 6.45) is -3.92. The Kier molecular flexibility index (Phi) is 5.56. The fraction of sp³-hybridized carbons (Fsp3) is 0.625. The monoisotopic (exact) mass is 412 g/mol. The molecule has 146 valence electrons. The van der Waals surface area contributed by atoms with Crippen molar-refractivity contribution >= 4 is 21.6 Å². The third kappa shape index (κ3) is 3.87. The molecule has 0 saturated carbocycles. The smallest absolute Gasteiger partial charge is 0.377 e. The summed E-state index contributed by atoms with van der Waals surface area (Å²) in [6, 6.07) is 2.73. The topological polar surface area (TPSA) is 49.9 Å². The average Bonchev–Trinajstić information content (AvgIpc) is 2.95. The molecule has 10 heteroatoms. The Morgan fingerprint density at radius 3 is 2.65 bits per heavy atom. The number of piperazine rings is 1. The van der Waals surface area contributed by atoms with E-state index < -0.39 is 26.8 Å². The minimum Gasteiger partial charge on any atom is -0.377 e. The molecule has 0 N–H and O–H groups in total. The molecule has 26 heavy (non-hydrogen) atoms. The van der Waals surface area contributed by atoms with Crippen molar-refractivity contribution in [2.24, 2.45) is 0 Å². The zero-order valence-corrected chi connectivity index (χ0v) is 15.7. The van der Waals surface area contributed by atoms with Gasteiger partial charge in [-0.25, -0.2) is 8.42 Å². The first kappa shape index (κ1) is 19.9. The van der Waals surface area contributed by atoms with Crippen molar-refractivity contribution in [3.8, 4) is 0 Å². The predicted octanol–water partition coefficient (Wildman–Crippen LogP) is 2.84. The molecular weight excluding hydrogens is 393 g/mol. The van der Waals surface area contributed by atoms with E-state index in [0.29, 0.717) is 25.6 Å². The quantitative estimate of drug-likeness (QED) is 0.763. The Labute approximate surface area is 155 Å². The van der Waals surface area contributed by atoms with Crippen molar-refractivity contribution in [2.75, 3.05) is 32.8 Å². The van der Waals surface area contributed by atoms with Gasteiger partial charge >= 0.3 is 6.18 Å². The molecule has 0 unspecified atom stereocenters. The highest BCUT2D eigenvalue weighted by Crippen LogP contribution is 2.37. The summed E-state index contributed by atoms with van der Waals surface area (Å²) in [6.45, 7) is 4.28. The van der Waals surface area contributed by atoms with Crippen LogP contribution in [0.15, 0.2) is 23.1 Å². The van der Waals surface area contributed by atoms with Crippen LogP contribution >= 0.6 is 11.6 Å². The van der Waals surface area contributed by atoms with Crippen LogP contribution in [0.2, 0.25) is 5.02 Å². The van der Waals surface area contributed by atoms with Gasteiger partial charge in [0.2, 0.25) is 10.0 Å². The molecule has 0 radical (unpaired) electrons. The number of nitrogens with zero attached hydrogens (tertiary/aromatic N) is 2. The lowest BCUT2D eigenvalue weighted by molar-refractivity contribution is -0.137. The van der Waals surface area contributed by atoms with Gasteiger partial charge in [0.05, 0.1) is 21.6 Å². The van der Waals surface area contributed by atoms with Gasteiger partial charge in [0.1, 0.15) is 0 Å². The summed E-state index contributed by atoms with van der Waals surface area (Å²) in [5, 5.41) is -0.517. The second kappa shape index (κ2) is 7.27. The zero-order valence-electron chi connectivity index (χ0n) is 14.2. The molecule has 3 rings (SSSR count). The van der Waals surface area contributed by atoms with Gasteiger partial charge in [-0.05, 0) is 31.5 Å². The highest BCUT2D eigenvalue weighted by atomic mass is 35.5. The van der Waals surface area contributed by atoms with E-state index in [2.05, 4.69) is 4.90 Å². The number of sulfonamides is 1. The summed E-state index contributed by atoms with van der Waals surface area (Å²) in [5.41, 5.74) is -1.14. The van der Waals surface area contributed by atoms with Gasteiger partial charge in [-0.3, -0.25) is 4.90 Å². The van der Waals surface area contributed by atoms with E-state index >= 15 is 0 Å². The minimum absolute atomic E-state index is 0.0180. The Bertz CT molecular complexity index is 772. The zero-order chi connectivity index (χ0) is 19.1. The standard InChI is InChI=1S/C16H20ClF3N2O3S/c1-2-25-12-7-11-9-22(6-5-21(11)10-12)26(23,24)13-3-4-15(17)14(8-13)16(18,19)20/h3-4,8,11-12H,2,5-7,9-10H2,1H3/t11-,12-/m0/s1. The van der Waals surface area contributed by atoms with Gasteiger partial charge in [-0.2, -0.15) is 17.5 Å². The molecule has 2 aliphatic rings. The molecule has 2 saturated heterocycles. The average molecular weight is 413 g/mol. The van der Waals surface area contributed by atoms with E-state index in [0.717, 1.165) is 18.7 Å². The van der Waals surface area contributed by atoms with Gasteiger partial charge < -0.3 is 4.74 Å². The molecule has 2 heterocycles. The maximum absolute atomic E-state index is 13.0. The molecule has 2 fully saturated rings. The molecule has 1 aromatic rings. The fourth-order valence-electron chi connectivity index (χ4n) is 3.57. The third-order valence-corrected chi connectivity index (χ3v) is 7.01. The number of hydrogen-bond donors (Lipinski definition) is 0. The van der Waals surface area contributed by atoms with E-state index in [4.69, 9.17) is 16.3 Å². The van der Waals surface area contributed by atoms with Gasteiger partial charge in [0.15, 0.2) is 0 Å². The SMILES string of the molecule is CCO[C@H]1C[C@H]2CN(S(=O)(=O)c3ccc(Cl)c(C(F)(F)F)c3)CCN2C1. The van der Waals surface area contributed by atoms with E-state index in [9.17, 15) is 21.6 Å². The van der Waals surface area contributed by atoms with Gasteiger partial charge in [-0.15, -0.1) is 0 Å². The maximum atomic E-state index is 13.0. The molecule has 5 nitrogen and oxygen atoms in total. The first-order valence-electron chi connectivity index (χ1n) is 8.35. The first-order valence-corrected chi connectivity index (χ1v) is 10.2. The summed E-state index contributed by atoms with van der Waals surface area (Å²) in [5.74, 6) is 0. The van der Waals surface area contributed by atoms with E-state index in [-0.39, 0.29) is 30.1 Å². The molecule has 2 atom stereocenters. The number of fused-ring (bicyclic) bond motifs is 1. The van der Waals surface area contributed by atoms with Crippen molar-refractivity contribution in [1.29, 1.82) is 0 Å². The van der Waals surface area contributed by atoms with Gasteiger partial charge in [0, 0.05) is 38.8 Å². The Balaban J connectivity index is 1.81. The second-order valence-electron chi connectivity index (χ2n) is 6.46. The van der Waals surface area contributed by atoms with Crippen LogP contribution in [0, 0.1) is 0 Å².